The van der Waals surface area contributed by atoms with Crippen LogP contribution in [-0.4, -0.2) is 14.5 Å². The molecule has 4 rings (SSSR count). The third kappa shape index (κ3) is 2.73. The van der Waals surface area contributed by atoms with E-state index in [1.54, 1.807) is 0 Å². The summed E-state index contributed by atoms with van der Waals surface area (Å²) in [7, 11) is 0. The van der Waals surface area contributed by atoms with Crippen LogP contribution < -0.4 is 0 Å². The zero-order valence-corrected chi connectivity index (χ0v) is 14.1. The predicted octanol–water partition coefficient (Wildman–Crippen LogP) is 4.81. The van der Waals surface area contributed by atoms with Gasteiger partial charge in [0.15, 0.2) is 0 Å². The van der Waals surface area contributed by atoms with Gasteiger partial charge in [-0.25, -0.2) is 13.8 Å². The average Bonchev–Trinajstić information content (AvgIpc) is 3.20. The molecular weight excluding hydrogens is 342 g/mol. The van der Waals surface area contributed by atoms with Crippen LogP contribution in [0.15, 0.2) is 48.0 Å². The van der Waals surface area contributed by atoms with Gasteiger partial charge in [-0.3, -0.25) is 0 Å². The van der Waals surface area contributed by atoms with Gasteiger partial charge in [-0.15, -0.1) is 11.3 Å². The van der Waals surface area contributed by atoms with Gasteiger partial charge in [0.05, 0.1) is 12.3 Å². The smallest absolute Gasteiger partial charge is 0.137 e. The Labute approximate surface area is 146 Å². The van der Waals surface area contributed by atoms with Crippen molar-refractivity contribution in [2.75, 3.05) is 0 Å². The zero-order chi connectivity index (χ0) is 17.6. The van der Waals surface area contributed by atoms with Gasteiger partial charge in [-0.2, -0.15) is 0 Å². The average molecular weight is 356 g/mol. The molecule has 1 aromatic carbocycles. The maximum atomic E-state index is 14.1. The SMILES string of the molecule is Cc1c(-c2ccc(F)cc2F)nc2ccc(-c3csc(CO)c3)cn12. The molecule has 3 nitrogen and oxygen atoms in total. The first-order valence-electron chi connectivity index (χ1n) is 7.69. The second kappa shape index (κ2) is 6.06. The van der Waals surface area contributed by atoms with Crippen LogP contribution >= 0.6 is 11.3 Å². The minimum absolute atomic E-state index is 0.0189. The van der Waals surface area contributed by atoms with E-state index < -0.39 is 11.6 Å². The van der Waals surface area contributed by atoms with Gasteiger partial charge in [0.25, 0.3) is 0 Å². The van der Waals surface area contributed by atoms with Gasteiger partial charge in [-0.1, -0.05) is 0 Å². The second-order valence-electron chi connectivity index (χ2n) is 5.78. The Morgan fingerprint density at radius 3 is 2.68 bits per heavy atom. The third-order valence-corrected chi connectivity index (χ3v) is 5.11. The fourth-order valence-corrected chi connectivity index (χ4v) is 3.64. The van der Waals surface area contributed by atoms with Crippen molar-refractivity contribution < 1.29 is 13.9 Å². The highest BCUT2D eigenvalue weighted by atomic mass is 32.1. The predicted molar refractivity (Wildman–Crippen MR) is 94.5 cm³/mol. The standard InChI is InChI=1S/C19H14F2N2OS/c1-11-19(16-4-3-14(20)7-17(16)21)22-18-5-2-12(8-23(11)18)13-6-15(9-24)25-10-13/h2-8,10,24H,9H2,1H3. The molecule has 4 aromatic rings. The molecule has 0 saturated carbocycles. The lowest BCUT2D eigenvalue weighted by molar-refractivity contribution is 0.285. The van der Waals surface area contributed by atoms with Crippen LogP contribution in [0.2, 0.25) is 0 Å². The van der Waals surface area contributed by atoms with E-state index >= 15 is 0 Å². The lowest BCUT2D eigenvalue weighted by Gasteiger charge is -2.03. The number of imidazole rings is 1. The first-order chi connectivity index (χ1) is 12.1. The second-order valence-corrected chi connectivity index (χ2v) is 6.77. The summed E-state index contributed by atoms with van der Waals surface area (Å²) in [5.74, 6) is -1.24. The number of aliphatic hydroxyl groups excluding tert-OH is 1. The summed E-state index contributed by atoms with van der Waals surface area (Å²) in [6.45, 7) is 1.87. The van der Waals surface area contributed by atoms with E-state index in [2.05, 4.69) is 4.98 Å². The molecule has 3 aromatic heterocycles. The Morgan fingerprint density at radius 1 is 1.12 bits per heavy atom. The molecule has 0 amide bonds. The van der Waals surface area contributed by atoms with Crippen molar-refractivity contribution in [2.24, 2.45) is 0 Å². The van der Waals surface area contributed by atoms with E-state index in [9.17, 15) is 13.9 Å². The molecule has 25 heavy (non-hydrogen) atoms. The molecule has 1 N–H and O–H groups in total. The summed E-state index contributed by atoms with van der Waals surface area (Å²) < 4.78 is 29.2. The molecule has 6 heteroatoms. The number of benzene rings is 1. The molecule has 0 bridgehead atoms. The van der Waals surface area contributed by atoms with Crippen LogP contribution in [0.4, 0.5) is 8.78 Å². The van der Waals surface area contributed by atoms with E-state index in [0.717, 1.165) is 27.8 Å². The normalized spacial score (nSPS) is 11.4. The van der Waals surface area contributed by atoms with E-state index in [1.807, 2.05) is 41.1 Å². The number of thiophene rings is 1. The van der Waals surface area contributed by atoms with Gasteiger partial charge in [0.1, 0.15) is 17.3 Å². The summed E-state index contributed by atoms with van der Waals surface area (Å²) in [6.07, 6.45) is 1.94. The van der Waals surface area contributed by atoms with Crippen LogP contribution in [0.1, 0.15) is 10.6 Å². The first-order valence-corrected chi connectivity index (χ1v) is 8.57. The van der Waals surface area contributed by atoms with Crippen molar-refractivity contribution in [3.05, 3.63) is 70.2 Å². The van der Waals surface area contributed by atoms with Crippen LogP contribution in [0, 0.1) is 18.6 Å². The van der Waals surface area contributed by atoms with Crippen molar-refractivity contribution >= 4 is 17.0 Å². The van der Waals surface area contributed by atoms with Gasteiger partial charge >= 0.3 is 0 Å². The highest BCUT2D eigenvalue weighted by molar-refractivity contribution is 7.10. The number of halogens is 2. The number of pyridine rings is 1. The van der Waals surface area contributed by atoms with Gasteiger partial charge in [0.2, 0.25) is 0 Å². The third-order valence-electron chi connectivity index (χ3n) is 4.19. The molecule has 3 heterocycles. The molecule has 0 aliphatic carbocycles. The van der Waals surface area contributed by atoms with Crippen molar-refractivity contribution in [1.82, 2.24) is 9.38 Å². The highest BCUT2D eigenvalue weighted by Gasteiger charge is 2.15. The van der Waals surface area contributed by atoms with Crippen LogP contribution in [0.5, 0.6) is 0 Å². The molecule has 0 aliphatic rings. The van der Waals surface area contributed by atoms with Crippen molar-refractivity contribution in [3.8, 4) is 22.4 Å². The zero-order valence-electron chi connectivity index (χ0n) is 13.3. The number of aryl methyl sites for hydroxylation is 1. The minimum Gasteiger partial charge on any atom is -0.391 e. The number of fused-ring (bicyclic) bond motifs is 1. The monoisotopic (exact) mass is 356 g/mol. The molecule has 0 saturated heterocycles. The maximum absolute atomic E-state index is 14.1. The van der Waals surface area contributed by atoms with Crippen molar-refractivity contribution in [2.45, 2.75) is 13.5 Å². The van der Waals surface area contributed by atoms with Gasteiger partial charge < -0.3 is 9.51 Å². The van der Waals surface area contributed by atoms with E-state index in [0.29, 0.717) is 11.3 Å². The largest absolute Gasteiger partial charge is 0.391 e. The molecule has 0 radical (unpaired) electrons. The van der Waals surface area contributed by atoms with Crippen molar-refractivity contribution in [3.63, 3.8) is 0 Å². The molecule has 0 fully saturated rings. The molecule has 0 spiro atoms. The number of hydrogen-bond donors (Lipinski definition) is 1. The number of aliphatic hydroxyl groups is 1. The van der Waals surface area contributed by atoms with Crippen LogP contribution in [0.25, 0.3) is 28.0 Å². The fraction of sp³-hybridized carbons (Fsp3) is 0.105. The van der Waals surface area contributed by atoms with Gasteiger partial charge in [0, 0.05) is 28.4 Å². The summed E-state index contributed by atoms with van der Waals surface area (Å²) in [5, 5.41) is 11.2. The van der Waals surface area contributed by atoms with E-state index in [-0.39, 0.29) is 12.2 Å². The quantitative estimate of drug-likeness (QED) is 0.572. The Balaban J connectivity index is 1.85. The van der Waals surface area contributed by atoms with Crippen LogP contribution in [-0.2, 0) is 6.61 Å². The highest BCUT2D eigenvalue weighted by Crippen LogP contribution is 2.30. The number of hydrogen-bond acceptors (Lipinski definition) is 3. The number of aromatic nitrogens is 2. The topological polar surface area (TPSA) is 37.5 Å². The Morgan fingerprint density at radius 2 is 1.96 bits per heavy atom. The first kappa shape index (κ1) is 15.9. The number of nitrogens with zero attached hydrogens (tertiary/aromatic N) is 2. The molecule has 0 atom stereocenters. The lowest BCUT2D eigenvalue weighted by Crippen LogP contribution is -1.91. The number of rotatable bonds is 3. The lowest BCUT2D eigenvalue weighted by atomic mass is 10.1. The summed E-state index contributed by atoms with van der Waals surface area (Å²) in [4.78, 5) is 5.39. The Hall–Kier alpha value is -2.57. The van der Waals surface area contributed by atoms with Crippen molar-refractivity contribution in [1.29, 1.82) is 0 Å². The summed E-state index contributed by atoms with van der Waals surface area (Å²) in [6, 6.07) is 9.26. The molecular formula is C19H14F2N2OS. The molecule has 0 unspecified atom stereocenters. The summed E-state index contributed by atoms with van der Waals surface area (Å²) >= 11 is 1.50. The molecule has 126 valence electrons. The van der Waals surface area contributed by atoms with Crippen LogP contribution in [0.3, 0.4) is 0 Å². The van der Waals surface area contributed by atoms with E-state index in [1.165, 1.54) is 23.5 Å². The Bertz CT molecular complexity index is 1080. The van der Waals surface area contributed by atoms with E-state index in [4.69, 9.17) is 0 Å². The van der Waals surface area contributed by atoms with Gasteiger partial charge in [-0.05, 0) is 53.8 Å². The Kier molecular flexibility index (Phi) is 3.86. The minimum atomic E-state index is -0.628. The molecule has 0 aliphatic heterocycles. The maximum Gasteiger partial charge on any atom is 0.137 e. The fourth-order valence-electron chi connectivity index (χ4n) is 2.88. The summed E-state index contributed by atoms with van der Waals surface area (Å²) in [5.41, 5.74) is 4.24.